The molecule has 3 aromatic carbocycles. The van der Waals surface area contributed by atoms with E-state index in [-0.39, 0.29) is 5.56 Å². The number of fused-ring (bicyclic) bond motifs is 3. The van der Waals surface area contributed by atoms with Crippen molar-refractivity contribution in [2.75, 3.05) is 0 Å². The van der Waals surface area contributed by atoms with Crippen LogP contribution in [0.15, 0.2) is 54.6 Å². The Hall–Kier alpha value is -3.01. The molecule has 4 heteroatoms. The van der Waals surface area contributed by atoms with Crippen LogP contribution in [0.4, 0.5) is 8.78 Å². The Kier molecular flexibility index (Phi) is 2.98. The van der Waals surface area contributed by atoms with Gasteiger partial charge in [0.1, 0.15) is 11.6 Å². The Morgan fingerprint density at radius 2 is 1.74 bits per heavy atom. The lowest BCUT2D eigenvalue weighted by Crippen LogP contribution is -1.90. The smallest absolute Gasteiger partial charge is 0.152 e. The average Bonchev–Trinajstić information content (AvgIpc) is 2.95. The summed E-state index contributed by atoms with van der Waals surface area (Å²) in [4.78, 5) is 14.7. The molecule has 23 heavy (non-hydrogen) atoms. The van der Waals surface area contributed by atoms with Gasteiger partial charge in [-0.2, -0.15) is 0 Å². The molecule has 2 nitrogen and oxygen atoms in total. The van der Waals surface area contributed by atoms with Crippen molar-refractivity contribution in [1.29, 1.82) is 0 Å². The van der Waals surface area contributed by atoms with Crippen LogP contribution in [0.1, 0.15) is 10.4 Å². The highest BCUT2D eigenvalue weighted by atomic mass is 19.1. The molecule has 0 amide bonds. The minimum Gasteiger partial charge on any atom is -0.353 e. The quantitative estimate of drug-likeness (QED) is 0.515. The summed E-state index contributed by atoms with van der Waals surface area (Å²) in [6, 6.07) is 14.6. The Morgan fingerprint density at radius 3 is 2.57 bits per heavy atom. The van der Waals surface area contributed by atoms with Gasteiger partial charge in [0, 0.05) is 21.9 Å². The van der Waals surface area contributed by atoms with Gasteiger partial charge in [0.2, 0.25) is 0 Å². The van der Waals surface area contributed by atoms with Crippen LogP contribution in [0.3, 0.4) is 0 Å². The number of aromatic amines is 1. The molecule has 0 saturated carbocycles. The fourth-order valence-electron chi connectivity index (χ4n) is 2.98. The van der Waals surface area contributed by atoms with E-state index in [9.17, 15) is 13.6 Å². The highest BCUT2D eigenvalue weighted by Gasteiger charge is 2.17. The number of carbonyl (C=O) groups is 1. The van der Waals surface area contributed by atoms with Gasteiger partial charge in [-0.3, -0.25) is 4.79 Å². The van der Waals surface area contributed by atoms with Crippen LogP contribution >= 0.6 is 0 Å². The van der Waals surface area contributed by atoms with E-state index >= 15 is 0 Å². The van der Waals surface area contributed by atoms with Crippen molar-refractivity contribution < 1.29 is 13.6 Å². The molecule has 0 aliphatic carbocycles. The molecule has 0 saturated heterocycles. The van der Waals surface area contributed by atoms with E-state index in [0.29, 0.717) is 22.9 Å². The third kappa shape index (κ3) is 2.03. The molecule has 0 radical (unpaired) electrons. The van der Waals surface area contributed by atoms with Gasteiger partial charge in [-0.05, 0) is 23.6 Å². The molecule has 0 fully saturated rings. The first-order valence-electron chi connectivity index (χ1n) is 7.13. The summed E-state index contributed by atoms with van der Waals surface area (Å²) in [6.45, 7) is 0. The van der Waals surface area contributed by atoms with Gasteiger partial charge >= 0.3 is 0 Å². The van der Waals surface area contributed by atoms with Crippen molar-refractivity contribution in [2.24, 2.45) is 0 Å². The van der Waals surface area contributed by atoms with E-state index in [1.807, 2.05) is 36.4 Å². The van der Waals surface area contributed by atoms with Crippen molar-refractivity contribution in [3.05, 3.63) is 71.8 Å². The van der Waals surface area contributed by atoms with E-state index in [1.165, 1.54) is 0 Å². The number of H-pyrrole nitrogens is 1. The number of carbonyl (C=O) groups excluding carboxylic acids is 1. The van der Waals surface area contributed by atoms with E-state index in [2.05, 4.69) is 4.98 Å². The predicted octanol–water partition coefficient (Wildman–Crippen LogP) is 5.08. The van der Waals surface area contributed by atoms with Crippen molar-refractivity contribution >= 4 is 28.0 Å². The maximum absolute atomic E-state index is 14.1. The molecular formula is C19H11F2NO. The predicted molar refractivity (Wildman–Crippen MR) is 86.5 cm³/mol. The van der Waals surface area contributed by atoms with Crippen LogP contribution in [0.5, 0.6) is 0 Å². The number of hydrogen-bond donors (Lipinski definition) is 1. The average molecular weight is 307 g/mol. The lowest BCUT2D eigenvalue weighted by atomic mass is 10.0. The maximum Gasteiger partial charge on any atom is 0.152 e. The molecule has 0 aliphatic heterocycles. The SMILES string of the molecule is O=Cc1c(-c2cc(F)ccc2F)[nH]c2c1ccc1ccccc12. The monoisotopic (exact) mass is 307 g/mol. The summed E-state index contributed by atoms with van der Waals surface area (Å²) in [5.41, 5.74) is 1.41. The Morgan fingerprint density at radius 1 is 0.913 bits per heavy atom. The third-order valence-electron chi connectivity index (χ3n) is 4.05. The number of nitrogens with one attached hydrogen (secondary N) is 1. The van der Waals surface area contributed by atoms with Crippen LogP contribution in [0, 0.1) is 11.6 Å². The standard InChI is InChI=1S/C19H11F2NO/c20-12-6-8-17(21)15(9-12)19-16(10-23)14-7-5-11-3-1-2-4-13(11)18(14)22-19/h1-10,22H. The zero-order valence-corrected chi connectivity index (χ0v) is 11.9. The number of rotatable bonds is 2. The number of aromatic nitrogens is 1. The summed E-state index contributed by atoms with van der Waals surface area (Å²) in [5.74, 6) is -1.13. The Balaban J connectivity index is 2.13. The van der Waals surface area contributed by atoms with Crippen LogP contribution in [-0.2, 0) is 0 Å². The zero-order chi connectivity index (χ0) is 16.0. The second-order valence-electron chi connectivity index (χ2n) is 5.36. The first kappa shape index (κ1) is 13.6. The number of hydrogen-bond acceptors (Lipinski definition) is 1. The summed E-state index contributed by atoms with van der Waals surface area (Å²) < 4.78 is 27.6. The van der Waals surface area contributed by atoms with Crippen LogP contribution in [-0.4, -0.2) is 11.3 Å². The molecule has 0 bridgehead atoms. The summed E-state index contributed by atoms with van der Waals surface area (Å²) >= 11 is 0. The summed E-state index contributed by atoms with van der Waals surface area (Å²) in [5, 5.41) is 2.62. The van der Waals surface area contributed by atoms with Crippen LogP contribution in [0.25, 0.3) is 32.9 Å². The Labute approximate surface area is 130 Å². The van der Waals surface area contributed by atoms with E-state index in [0.717, 1.165) is 34.5 Å². The van der Waals surface area contributed by atoms with Crippen molar-refractivity contribution in [2.45, 2.75) is 0 Å². The summed E-state index contributed by atoms with van der Waals surface area (Å²) in [6.07, 6.45) is 0.674. The minimum atomic E-state index is -0.578. The van der Waals surface area contributed by atoms with E-state index < -0.39 is 11.6 Å². The second-order valence-corrected chi connectivity index (χ2v) is 5.36. The minimum absolute atomic E-state index is 0.0485. The second kappa shape index (κ2) is 5.02. The third-order valence-corrected chi connectivity index (χ3v) is 4.05. The molecule has 1 N–H and O–H groups in total. The lowest BCUT2D eigenvalue weighted by Gasteiger charge is -2.02. The van der Waals surface area contributed by atoms with E-state index in [1.54, 1.807) is 0 Å². The van der Waals surface area contributed by atoms with E-state index in [4.69, 9.17) is 0 Å². The van der Waals surface area contributed by atoms with Crippen LogP contribution in [0.2, 0.25) is 0 Å². The molecule has 0 atom stereocenters. The Bertz CT molecular complexity index is 1070. The fourth-order valence-corrected chi connectivity index (χ4v) is 2.98. The van der Waals surface area contributed by atoms with Gasteiger partial charge in [0.15, 0.2) is 6.29 Å². The highest BCUT2D eigenvalue weighted by Crippen LogP contribution is 2.34. The van der Waals surface area contributed by atoms with Crippen molar-refractivity contribution in [1.82, 2.24) is 4.98 Å². The largest absolute Gasteiger partial charge is 0.353 e. The van der Waals surface area contributed by atoms with Gasteiger partial charge in [0.05, 0.1) is 11.2 Å². The first-order valence-corrected chi connectivity index (χ1v) is 7.13. The van der Waals surface area contributed by atoms with Crippen molar-refractivity contribution in [3.63, 3.8) is 0 Å². The lowest BCUT2D eigenvalue weighted by molar-refractivity contribution is 0.112. The molecule has 112 valence electrons. The molecule has 4 aromatic rings. The number of benzene rings is 3. The van der Waals surface area contributed by atoms with Crippen LogP contribution < -0.4 is 0 Å². The molecule has 1 heterocycles. The molecule has 0 unspecified atom stereocenters. The van der Waals surface area contributed by atoms with Gasteiger partial charge in [-0.15, -0.1) is 0 Å². The van der Waals surface area contributed by atoms with Gasteiger partial charge in [-0.25, -0.2) is 8.78 Å². The summed E-state index contributed by atoms with van der Waals surface area (Å²) in [7, 11) is 0. The zero-order valence-electron chi connectivity index (χ0n) is 11.9. The normalized spacial score (nSPS) is 11.2. The van der Waals surface area contributed by atoms with Gasteiger partial charge < -0.3 is 4.98 Å². The molecule has 1 aromatic heterocycles. The topological polar surface area (TPSA) is 32.9 Å². The molecule has 0 spiro atoms. The molecule has 0 aliphatic rings. The fraction of sp³-hybridized carbons (Fsp3) is 0. The highest BCUT2D eigenvalue weighted by molar-refractivity contribution is 6.14. The maximum atomic E-state index is 14.1. The van der Waals surface area contributed by atoms with Crippen molar-refractivity contribution in [3.8, 4) is 11.3 Å². The van der Waals surface area contributed by atoms with Gasteiger partial charge in [-0.1, -0.05) is 36.4 Å². The number of aldehydes is 1. The molecular weight excluding hydrogens is 296 g/mol. The molecule has 4 rings (SSSR count). The first-order chi connectivity index (χ1) is 11.2. The number of halogens is 2. The van der Waals surface area contributed by atoms with Gasteiger partial charge in [0.25, 0.3) is 0 Å².